The van der Waals surface area contributed by atoms with Crippen LogP contribution in [-0.4, -0.2) is 30.8 Å². The molecule has 0 radical (unpaired) electrons. The summed E-state index contributed by atoms with van der Waals surface area (Å²) < 4.78 is 5.06. The first-order chi connectivity index (χ1) is 15.5. The second kappa shape index (κ2) is 9.09. The van der Waals surface area contributed by atoms with E-state index in [2.05, 4.69) is 16.8 Å². The summed E-state index contributed by atoms with van der Waals surface area (Å²) >= 11 is 5.93. The molecule has 32 heavy (non-hydrogen) atoms. The van der Waals surface area contributed by atoms with Crippen LogP contribution in [0.5, 0.6) is 5.88 Å². The predicted octanol–water partition coefficient (Wildman–Crippen LogP) is 4.58. The summed E-state index contributed by atoms with van der Waals surface area (Å²) in [4.78, 5) is 31.6. The molecule has 2 aromatic carbocycles. The molecular weight excluding hydrogens is 424 g/mol. The average Bonchev–Trinajstić information content (AvgIpc) is 2.82. The van der Waals surface area contributed by atoms with Crippen LogP contribution in [-0.2, 0) is 11.2 Å². The molecule has 1 aromatic heterocycles. The van der Waals surface area contributed by atoms with Crippen LogP contribution in [0.2, 0.25) is 5.02 Å². The third kappa shape index (κ3) is 4.41. The molecule has 1 aliphatic rings. The Balaban J connectivity index is 1.61. The number of aromatic nitrogens is 1. The number of carbonyl (C=O) groups is 2. The van der Waals surface area contributed by atoms with Crippen molar-refractivity contribution in [3.63, 3.8) is 0 Å². The van der Waals surface area contributed by atoms with E-state index in [4.69, 9.17) is 16.3 Å². The molecule has 1 amide bonds. The highest BCUT2D eigenvalue weighted by Gasteiger charge is 2.32. The Labute approximate surface area is 191 Å². The van der Waals surface area contributed by atoms with Crippen molar-refractivity contribution in [1.29, 1.82) is 0 Å². The summed E-state index contributed by atoms with van der Waals surface area (Å²) in [5, 5.41) is 0.588. The van der Waals surface area contributed by atoms with Crippen molar-refractivity contribution < 1.29 is 14.3 Å². The Morgan fingerprint density at radius 2 is 1.88 bits per heavy atom. The Bertz CT molecular complexity index is 1280. The molecule has 4 rings (SSSR count). The monoisotopic (exact) mass is 442 g/mol. The number of fused-ring (bicyclic) bond motifs is 1. The fourth-order valence-corrected chi connectivity index (χ4v) is 3.48. The molecule has 2 heterocycles. The number of pyridine rings is 1. The van der Waals surface area contributed by atoms with Crippen molar-refractivity contribution >= 4 is 35.1 Å². The number of nitrogens with zero attached hydrogens (tertiary/aromatic N) is 2. The second-order valence-electron chi connectivity index (χ2n) is 7.22. The number of rotatable bonds is 3. The molecule has 0 atom stereocenters. The van der Waals surface area contributed by atoms with Crippen LogP contribution >= 0.6 is 11.6 Å². The van der Waals surface area contributed by atoms with Gasteiger partial charge in [-0.3, -0.25) is 9.59 Å². The fourth-order valence-electron chi connectivity index (χ4n) is 3.36. The normalized spacial score (nSPS) is 14.1. The highest BCUT2D eigenvalue weighted by atomic mass is 35.5. The smallest absolute Gasteiger partial charge is 0.262 e. The molecule has 0 unspecified atom stereocenters. The highest BCUT2D eigenvalue weighted by molar-refractivity contribution is 6.36. The van der Waals surface area contributed by atoms with Crippen LogP contribution < -0.4 is 9.64 Å². The van der Waals surface area contributed by atoms with Crippen molar-refractivity contribution in [2.24, 2.45) is 0 Å². The van der Waals surface area contributed by atoms with Gasteiger partial charge in [0.25, 0.3) is 5.91 Å². The minimum atomic E-state index is -0.344. The first-order valence-corrected chi connectivity index (χ1v) is 10.3. The number of benzene rings is 2. The number of methoxy groups -OCH3 is 1. The summed E-state index contributed by atoms with van der Waals surface area (Å²) in [7, 11) is 3.23. The topological polar surface area (TPSA) is 59.5 Å². The SMILES string of the molecule is COc1ccc(CC#Cc2ccc3c(c2)C(=O)C(=Cc2ccc(Cl)cc2)C(=O)N3C)cn1. The zero-order valence-corrected chi connectivity index (χ0v) is 18.3. The third-order valence-corrected chi connectivity index (χ3v) is 5.35. The predicted molar refractivity (Wildman–Crippen MR) is 125 cm³/mol. The van der Waals surface area contributed by atoms with Gasteiger partial charge in [-0.1, -0.05) is 41.6 Å². The molecule has 0 N–H and O–H groups in total. The number of Topliss-reactive ketones (excluding diaryl/α,β-unsaturated/α-hetero) is 1. The number of anilines is 1. The molecule has 0 aliphatic carbocycles. The van der Waals surface area contributed by atoms with E-state index >= 15 is 0 Å². The lowest BCUT2D eigenvalue weighted by Crippen LogP contribution is -2.36. The first-order valence-electron chi connectivity index (χ1n) is 9.88. The quantitative estimate of drug-likeness (QED) is 0.338. The number of ether oxygens (including phenoxy) is 1. The molecular formula is C26H19ClN2O3. The maximum absolute atomic E-state index is 13.1. The number of halogens is 1. The van der Waals surface area contributed by atoms with Gasteiger partial charge in [-0.25, -0.2) is 4.98 Å². The zero-order valence-electron chi connectivity index (χ0n) is 17.6. The van der Waals surface area contributed by atoms with Crippen molar-refractivity contribution in [3.8, 4) is 17.7 Å². The van der Waals surface area contributed by atoms with E-state index in [9.17, 15) is 9.59 Å². The Hall–Kier alpha value is -3.88. The molecule has 0 saturated heterocycles. The van der Waals surface area contributed by atoms with Crippen molar-refractivity contribution in [1.82, 2.24) is 4.98 Å². The van der Waals surface area contributed by atoms with Crippen LogP contribution in [0.25, 0.3) is 6.08 Å². The maximum Gasteiger partial charge on any atom is 0.262 e. The van der Waals surface area contributed by atoms with Crippen molar-refractivity contribution in [2.45, 2.75) is 6.42 Å². The van der Waals surface area contributed by atoms with E-state index in [1.807, 2.05) is 12.1 Å². The van der Waals surface area contributed by atoms with Crippen LogP contribution in [0.3, 0.4) is 0 Å². The maximum atomic E-state index is 13.1. The Morgan fingerprint density at radius 1 is 1.09 bits per heavy atom. The van der Waals surface area contributed by atoms with Crippen molar-refractivity contribution in [3.05, 3.63) is 93.6 Å². The minimum absolute atomic E-state index is 0.108. The van der Waals surface area contributed by atoms with Gasteiger partial charge in [-0.15, -0.1) is 0 Å². The van der Waals surface area contributed by atoms with Crippen LogP contribution in [0.4, 0.5) is 5.69 Å². The number of likely N-dealkylation sites (N-methyl/N-ethyl adjacent to an activating group) is 1. The molecule has 1 aliphatic heterocycles. The van der Waals surface area contributed by atoms with Crippen LogP contribution in [0.15, 0.2) is 66.4 Å². The van der Waals surface area contributed by atoms with Gasteiger partial charge in [0.1, 0.15) is 0 Å². The van der Waals surface area contributed by atoms with Gasteiger partial charge in [-0.05, 0) is 47.5 Å². The van der Waals surface area contributed by atoms with Gasteiger partial charge in [0.2, 0.25) is 11.7 Å². The number of carbonyl (C=O) groups excluding carboxylic acids is 2. The molecule has 0 saturated carbocycles. The average molecular weight is 443 g/mol. The van der Waals surface area contributed by atoms with E-state index in [0.29, 0.717) is 34.1 Å². The zero-order chi connectivity index (χ0) is 22.7. The molecule has 5 nitrogen and oxygen atoms in total. The third-order valence-electron chi connectivity index (χ3n) is 5.10. The second-order valence-corrected chi connectivity index (χ2v) is 7.66. The summed E-state index contributed by atoms with van der Waals surface area (Å²) in [6.07, 6.45) is 3.83. The minimum Gasteiger partial charge on any atom is -0.481 e. The summed E-state index contributed by atoms with van der Waals surface area (Å²) in [6, 6.07) is 16.0. The van der Waals surface area contributed by atoms with Crippen LogP contribution in [0, 0.1) is 11.8 Å². The van der Waals surface area contributed by atoms with Gasteiger partial charge in [-0.2, -0.15) is 0 Å². The lowest BCUT2D eigenvalue weighted by atomic mass is 9.92. The van der Waals surface area contributed by atoms with E-state index in [1.165, 1.54) is 4.90 Å². The molecule has 0 fully saturated rings. The number of ketones is 1. The summed E-state index contributed by atoms with van der Waals surface area (Å²) in [5.74, 6) is 6.08. The number of hydrogen-bond acceptors (Lipinski definition) is 4. The van der Waals surface area contributed by atoms with Gasteiger partial charge >= 0.3 is 0 Å². The first kappa shape index (κ1) is 21.4. The summed E-state index contributed by atoms with van der Waals surface area (Å²) in [5.41, 5.74) is 3.52. The number of hydrogen-bond donors (Lipinski definition) is 0. The van der Waals surface area contributed by atoms with Gasteiger partial charge < -0.3 is 9.64 Å². The fraction of sp³-hybridized carbons (Fsp3) is 0.115. The van der Waals surface area contributed by atoms with E-state index in [-0.39, 0.29) is 17.3 Å². The van der Waals surface area contributed by atoms with E-state index in [1.54, 1.807) is 68.9 Å². The molecule has 158 valence electrons. The summed E-state index contributed by atoms with van der Waals surface area (Å²) in [6.45, 7) is 0. The lowest BCUT2D eigenvalue weighted by molar-refractivity contribution is -0.114. The standard InChI is InChI=1S/C26H19ClN2O3/c1-29-23-12-8-17(4-3-5-19-9-13-24(32-2)28-16-19)14-21(23)25(30)22(26(29)31)15-18-6-10-20(27)11-7-18/h6-16H,5H2,1-2H3. The van der Waals surface area contributed by atoms with E-state index < -0.39 is 0 Å². The molecule has 0 spiro atoms. The number of amides is 1. The molecule has 6 heteroatoms. The molecule has 0 bridgehead atoms. The molecule has 3 aromatic rings. The Morgan fingerprint density at radius 3 is 2.56 bits per heavy atom. The van der Waals surface area contributed by atoms with Crippen LogP contribution in [0.1, 0.15) is 27.0 Å². The van der Waals surface area contributed by atoms with Crippen molar-refractivity contribution in [2.75, 3.05) is 19.1 Å². The van der Waals surface area contributed by atoms with Gasteiger partial charge in [0.05, 0.1) is 18.4 Å². The van der Waals surface area contributed by atoms with Gasteiger partial charge in [0, 0.05) is 41.9 Å². The van der Waals surface area contributed by atoms with Gasteiger partial charge in [0.15, 0.2) is 0 Å². The highest BCUT2D eigenvalue weighted by Crippen LogP contribution is 2.31. The lowest BCUT2D eigenvalue weighted by Gasteiger charge is -2.26. The van der Waals surface area contributed by atoms with E-state index in [0.717, 1.165) is 11.1 Å². The largest absolute Gasteiger partial charge is 0.481 e. The Kier molecular flexibility index (Phi) is 6.07.